The van der Waals surface area contributed by atoms with Gasteiger partial charge in [-0.15, -0.1) is 17.5 Å². The van der Waals surface area contributed by atoms with Gasteiger partial charge in [0, 0.05) is 12.1 Å². The van der Waals surface area contributed by atoms with Crippen molar-refractivity contribution in [1.82, 2.24) is 30.8 Å². The zero-order chi connectivity index (χ0) is 15.2. The summed E-state index contributed by atoms with van der Waals surface area (Å²) >= 11 is 0. The van der Waals surface area contributed by atoms with Crippen LogP contribution in [0.25, 0.3) is 5.69 Å². The second kappa shape index (κ2) is 8.59. The summed E-state index contributed by atoms with van der Waals surface area (Å²) < 4.78 is 1.53. The monoisotopic (exact) mass is 336 g/mol. The Kier molecular flexibility index (Phi) is 6.49. The Bertz CT molecular complexity index is 612. The van der Waals surface area contributed by atoms with Crippen LogP contribution in [0.1, 0.15) is 29.6 Å². The zero-order valence-electron chi connectivity index (χ0n) is 12.8. The van der Waals surface area contributed by atoms with Crippen molar-refractivity contribution in [2.75, 3.05) is 19.6 Å². The van der Waals surface area contributed by atoms with Crippen molar-refractivity contribution in [1.29, 1.82) is 0 Å². The normalized spacial score (nSPS) is 17.3. The third-order valence-corrected chi connectivity index (χ3v) is 3.96. The van der Waals surface area contributed by atoms with E-state index in [1.165, 1.54) is 23.9 Å². The number of nitrogens with one attached hydrogen (secondary N) is 2. The van der Waals surface area contributed by atoms with Crippen LogP contribution in [0.2, 0.25) is 0 Å². The summed E-state index contributed by atoms with van der Waals surface area (Å²) in [7, 11) is 0. The molecule has 0 saturated carbocycles. The molecule has 1 fully saturated rings. The standard InChI is InChI=1S/C15H20N6O.ClH/c22-15(17-8-6-12-3-2-7-16-10-12)13-4-1-5-14(9-13)21-11-18-19-20-21;/h1,4-5,9,11-12,16H,2-3,6-8,10H2,(H,17,22);1H. The van der Waals surface area contributed by atoms with E-state index in [0.29, 0.717) is 18.0 Å². The van der Waals surface area contributed by atoms with Gasteiger partial charge in [-0.2, -0.15) is 0 Å². The molecule has 8 heteroatoms. The minimum Gasteiger partial charge on any atom is -0.352 e. The van der Waals surface area contributed by atoms with Crippen LogP contribution in [0.5, 0.6) is 0 Å². The molecule has 2 N–H and O–H groups in total. The van der Waals surface area contributed by atoms with E-state index in [1.807, 2.05) is 12.1 Å². The van der Waals surface area contributed by atoms with E-state index in [1.54, 1.807) is 12.1 Å². The van der Waals surface area contributed by atoms with Crippen LogP contribution in [0, 0.1) is 5.92 Å². The molecule has 23 heavy (non-hydrogen) atoms. The van der Waals surface area contributed by atoms with E-state index in [0.717, 1.165) is 25.2 Å². The summed E-state index contributed by atoms with van der Waals surface area (Å²) in [5, 5.41) is 17.4. The second-order valence-electron chi connectivity index (χ2n) is 5.56. The first-order valence-corrected chi connectivity index (χ1v) is 7.65. The van der Waals surface area contributed by atoms with Crippen LogP contribution in [0.3, 0.4) is 0 Å². The highest BCUT2D eigenvalue weighted by molar-refractivity contribution is 5.94. The maximum atomic E-state index is 12.2. The Balaban J connectivity index is 0.00000192. The molecule has 2 heterocycles. The fourth-order valence-electron chi connectivity index (χ4n) is 2.73. The fraction of sp³-hybridized carbons (Fsp3) is 0.467. The topological polar surface area (TPSA) is 84.7 Å². The summed E-state index contributed by atoms with van der Waals surface area (Å²) in [6.45, 7) is 2.89. The minimum absolute atomic E-state index is 0. The van der Waals surface area contributed by atoms with Gasteiger partial charge in [0.05, 0.1) is 5.69 Å². The van der Waals surface area contributed by atoms with Crippen LogP contribution >= 0.6 is 12.4 Å². The molecule has 0 bridgehead atoms. The van der Waals surface area contributed by atoms with Gasteiger partial charge < -0.3 is 10.6 Å². The lowest BCUT2D eigenvalue weighted by Crippen LogP contribution is -2.33. The summed E-state index contributed by atoms with van der Waals surface area (Å²) in [5.41, 5.74) is 1.39. The van der Waals surface area contributed by atoms with Gasteiger partial charge in [-0.1, -0.05) is 6.07 Å². The molecule has 1 unspecified atom stereocenters. The number of tetrazole rings is 1. The second-order valence-corrected chi connectivity index (χ2v) is 5.56. The lowest BCUT2D eigenvalue weighted by atomic mass is 9.96. The molecule has 124 valence electrons. The molecular formula is C15H21ClN6O. The van der Waals surface area contributed by atoms with E-state index in [4.69, 9.17) is 0 Å². The van der Waals surface area contributed by atoms with Crippen molar-refractivity contribution >= 4 is 18.3 Å². The van der Waals surface area contributed by atoms with Crippen LogP contribution in [-0.4, -0.2) is 45.7 Å². The van der Waals surface area contributed by atoms with E-state index in [2.05, 4.69) is 26.2 Å². The Hall–Kier alpha value is -1.99. The average molecular weight is 337 g/mol. The molecule has 3 rings (SSSR count). The predicted octanol–water partition coefficient (Wildman–Crippen LogP) is 1.20. The van der Waals surface area contributed by atoms with E-state index >= 15 is 0 Å². The van der Waals surface area contributed by atoms with Crippen molar-refractivity contribution in [3.8, 4) is 5.69 Å². The molecule has 7 nitrogen and oxygen atoms in total. The van der Waals surface area contributed by atoms with Crippen LogP contribution in [0.15, 0.2) is 30.6 Å². The SMILES string of the molecule is Cl.O=C(NCCC1CCCNC1)c1cccc(-n2cnnn2)c1. The number of carbonyl (C=O) groups is 1. The number of aromatic nitrogens is 4. The molecule has 1 atom stereocenters. The van der Waals surface area contributed by atoms with E-state index in [9.17, 15) is 4.79 Å². The van der Waals surface area contributed by atoms with Gasteiger partial charge in [-0.25, -0.2) is 4.68 Å². The predicted molar refractivity (Wildman–Crippen MR) is 88.9 cm³/mol. The molecule has 1 aromatic carbocycles. The van der Waals surface area contributed by atoms with Crippen LogP contribution in [-0.2, 0) is 0 Å². The Labute approximate surface area is 141 Å². The molecule has 0 radical (unpaired) electrons. The molecule has 0 aliphatic carbocycles. The number of halogens is 1. The summed E-state index contributed by atoms with van der Waals surface area (Å²) in [5.74, 6) is 0.611. The lowest BCUT2D eigenvalue weighted by Gasteiger charge is -2.22. The first-order valence-electron chi connectivity index (χ1n) is 7.65. The number of amides is 1. The van der Waals surface area contributed by atoms with Crippen LogP contribution in [0.4, 0.5) is 0 Å². The Morgan fingerprint density at radius 3 is 3.09 bits per heavy atom. The van der Waals surface area contributed by atoms with Gasteiger partial charge in [0.1, 0.15) is 6.33 Å². The largest absolute Gasteiger partial charge is 0.352 e. The van der Waals surface area contributed by atoms with Crippen molar-refractivity contribution in [2.45, 2.75) is 19.3 Å². The summed E-state index contributed by atoms with van der Waals surface area (Å²) in [6, 6.07) is 7.27. The highest BCUT2D eigenvalue weighted by Crippen LogP contribution is 2.13. The maximum Gasteiger partial charge on any atom is 0.251 e. The maximum absolute atomic E-state index is 12.2. The van der Waals surface area contributed by atoms with Gasteiger partial charge in [-0.3, -0.25) is 4.79 Å². The molecule has 1 aliphatic heterocycles. The first-order chi connectivity index (χ1) is 10.8. The fourth-order valence-corrected chi connectivity index (χ4v) is 2.73. The summed E-state index contributed by atoms with van der Waals surface area (Å²) in [4.78, 5) is 12.2. The highest BCUT2D eigenvalue weighted by atomic mass is 35.5. The number of piperidine rings is 1. The summed E-state index contributed by atoms with van der Waals surface area (Å²) in [6.07, 6.45) is 5.00. The molecular weight excluding hydrogens is 316 g/mol. The molecule has 0 spiro atoms. The number of carbonyl (C=O) groups excluding carboxylic acids is 1. The van der Waals surface area contributed by atoms with Gasteiger partial charge in [0.25, 0.3) is 5.91 Å². The number of nitrogens with zero attached hydrogens (tertiary/aromatic N) is 4. The molecule has 1 aliphatic rings. The highest BCUT2D eigenvalue weighted by Gasteiger charge is 2.13. The molecule has 2 aromatic rings. The lowest BCUT2D eigenvalue weighted by molar-refractivity contribution is 0.0950. The Morgan fingerprint density at radius 2 is 2.35 bits per heavy atom. The molecule has 1 saturated heterocycles. The third-order valence-electron chi connectivity index (χ3n) is 3.96. The van der Waals surface area contributed by atoms with E-state index < -0.39 is 0 Å². The average Bonchev–Trinajstić information content (AvgIpc) is 3.10. The minimum atomic E-state index is -0.0568. The van der Waals surface area contributed by atoms with Crippen molar-refractivity contribution in [3.63, 3.8) is 0 Å². The number of benzene rings is 1. The number of rotatable bonds is 5. The smallest absolute Gasteiger partial charge is 0.251 e. The van der Waals surface area contributed by atoms with Crippen molar-refractivity contribution in [3.05, 3.63) is 36.2 Å². The number of hydrogen-bond donors (Lipinski definition) is 2. The van der Waals surface area contributed by atoms with Gasteiger partial charge in [0.2, 0.25) is 0 Å². The quantitative estimate of drug-likeness (QED) is 0.857. The number of hydrogen-bond acceptors (Lipinski definition) is 5. The van der Waals surface area contributed by atoms with Crippen molar-refractivity contribution in [2.24, 2.45) is 5.92 Å². The Morgan fingerprint density at radius 1 is 1.43 bits per heavy atom. The van der Waals surface area contributed by atoms with Gasteiger partial charge in [-0.05, 0) is 66.9 Å². The first kappa shape index (κ1) is 17.4. The van der Waals surface area contributed by atoms with Gasteiger partial charge in [0.15, 0.2) is 0 Å². The third kappa shape index (κ3) is 4.74. The molecule has 1 aromatic heterocycles. The van der Waals surface area contributed by atoms with E-state index in [-0.39, 0.29) is 18.3 Å². The van der Waals surface area contributed by atoms with Crippen LogP contribution < -0.4 is 10.6 Å². The molecule has 1 amide bonds. The van der Waals surface area contributed by atoms with Gasteiger partial charge >= 0.3 is 0 Å². The van der Waals surface area contributed by atoms with Crippen molar-refractivity contribution < 1.29 is 4.79 Å². The zero-order valence-corrected chi connectivity index (χ0v) is 13.6.